The highest BCUT2D eigenvalue weighted by Crippen LogP contribution is 2.17. The SMILES string of the molecule is O=NNC(=O)Cc1ccc(CCCCc2cc(F)c(F)cc2F)cc1. The van der Waals surface area contributed by atoms with Gasteiger partial charge in [-0.1, -0.05) is 24.3 Å². The van der Waals surface area contributed by atoms with Gasteiger partial charge in [-0.25, -0.2) is 18.6 Å². The van der Waals surface area contributed by atoms with Gasteiger partial charge in [0.05, 0.1) is 11.7 Å². The van der Waals surface area contributed by atoms with Crippen molar-refractivity contribution < 1.29 is 18.0 Å². The number of nitrogens with zero attached hydrogens (tertiary/aromatic N) is 1. The zero-order valence-corrected chi connectivity index (χ0v) is 13.4. The van der Waals surface area contributed by atoms with Crippen LogP contribution in [0.5, 0.6) is 0 Å². The van der Waals surface area contributed by atoms with E-state index in [9.17, 15) is 22.9 Å². The second-order valence-electron chi connectivity index (χ2n) is 5.68. The number of aryl methyl sites for hydroxylation is 2. The van der Waals surface area contributed by atoms with Gasteiger partial charge in [0.25, 0.3) is 0 Å². The van der Waals surface area contributed by atoms with E-state index in [1.165, 1.54) is 0 Å². The predicted molar refractivity (Wildman–Crippen MR) is 87.0 cm³/mol. The summed E-state index contributed by atoms with van der Waals surface area (Å²) < 4.78 is 39.5. The first-order chi connectivity index (χ1) is 12.0. The van der Waals surface area contributed by atoms with Crippen LogP contribution >= 0.6 is 0 Å². The van der Waals surface area contributed by atoms with Gasteiger partial charge in [-0.3, -0.25) is 4.79 Å². The maximum absolute atomic E-state index is 13.5. The third-order valence-electron chi connectivity index (χ3n) is 3.81. The molecular formula is C18H17F3N2O2. The fourth-order valence-corrected chi connectivity index (χ4v) is 2.50. The Hall–Kier alpha value is -2.70. The van der Waals surface area contributed by atoms with Gasteiger partial charge in [0.1, 0.15) is 5.82 Å². The summed E-state index contributed by atoms with van der Waals surface area (Å²) in [7, 11) is 0. The van der Waals surface area contributed by atoms with E-state index in [-0.39, 0.29) is 12.0 Å². The van der Waals surface area contributed by atoms with Gasteiger partial charge in [-0.05, 0) is 48.4 Å². The van der Waals surface area contributed by atoms with E-state index < -0.39 is 23.4 Å². The van der Waals surface area contributed by atoms with Crippen molar-refractivity contribution >= 4 is 5.91 Å². The van der Waals surface area contributed by atoms with Crippen LogP contribution < -0.4 is 5.43 Å². The maximum atomic E-state index is 13.5. The van der Waals surface area contributed by atoms with Crippen molar-refractivity contribution in [3.63, 3.8) is 0 Å². The van der Waals surface area contributed by atoms with Crippen LogP contribution in [0.2, 0.25) is 0 Å². The van der Waals surface area contributed by atoms with Crippen LogP contribution in [0.15, 0.2) is 41.7 Å². The van der Waals surface area contributed by atoms with E-state index in [0.29, 0.717) is 18.9 Å². The monoisotopic (exact) mass is 350 g/mol. The van der Waals surface area contributed by atoms with Gasteiger partial charge in [0.15, 0.2) is 11.6 Å². The summed E-state index contributed by atoms with van der Waals surface area (Å²) in [5.74, 6) is -3.43. The minimum absolute atomic E-state index is 0.0709. The van der Waals surface area contributed by atoms with E-state index >= 15 is 0 Å². The Bertz CT molecular complexity index is 749. The van der Waals surface area contributed by atoms with Gasteiger partial charge in [0.2, 0.25) is 5.91 Å². The zero-order valence-electron chi connectivity index (χ0n) is 13.4. The Morgan fingerprint density at radius 2 is 1.48 bits per heavy atom. The van der Waals surface area contributed by atoms with E-state index in [0.717, 1.165) is 30.0 Å². The average Bonchev–Trinajstić information content (AvgIpc) is 2.57. The standard InChI is InChI=1S/C18H17F3N2O2/c19-15-11-17(21)16(20)10-14(15)4-2-1-3-12-5-7-13(8-6-12)9-18(24)22-23-25/h5-8,10-11H,1-4,9H2,(H,22,24,25). The van der Waals surface area contributed by atoms with Gasteiger partial charge < -0.3 is 0 Å². The molecule has 0 unspecified atom stereocenters. The molecule has 0 saturated heterocycles. The van der Waals surface area contributed by atoms with Crippen LogP contribution in [0.4, 0.5) is 13.2 Å². The van der Waals surface area contributed by atoms with E-state index in [2.05, 4.69) is 5.29 Å². The summed E-state index contributed by atoms with van der Waals surface area (Å²) in [5, 5.41) is 2.32. The second-order valence-corrected chi connectivity index (χ2v) is 5.68. The Kier molecular flexibility index (Phi) is 6.68. The molecule has 0 saturated carbocycles. The highest BCUT2D eigenvalue weighted by molar-refractivity contribution is 5.78. The van der Waals surface area contributed by atoms with Crippen LogP contribution in [-0.4, -0.2) is 5.91 Å². The number of hydrogen-bond acceptors (Lipinski definition) is 3. The molecule has 0 heterocycles. The van der Waals surface area contributed by atoms with Crippen molar-refractivity contribution in [3.8, 4) is 0 Å². The van der Waals surface area contributed by atoms with Crippen molar-refractivity contribution in [2.24, 2.45) is 5.29 Å². The summed E-state index contributed by atoms with van der Waals surface area (Å²) in [5.41, 5.74) is 3.80. The lowest BCUT2D eigenvalue weighted by atomic mass is 10.0. The van der Waals surface area contributed by atoms with Crippen molar-refractivity contribution in [1.29, 1.82) is 0 Å². The van der Waals surface area contributed by atoms with Gasteiger partial charge >= 0.3 is 0 Å². The molecule has 0 aromatic heterocycles. The number of halogens is 3. The highest BCUT2D eigenvalue weighted by Gasteiger charge is 2.09. The number of carbonyl (C=O) groups excluding carboxylic acids is 1. The summed E-state index contributed by atoms with van der Waals surface area (Å²) in [4.78, 5) is 21.2. The molecule has 0 aliphatic carbocycles. The second kappa shape index (κ2) is 8.96. The Morgan fingerprint density at radius 1 is 0.880 bits per heavy atom. The lowest BCUT2D eigenvalue weighted by Crippen LogP contribution is -2.18. The number of rotatable bonds is 8. The van der Waals surface area contributed by atoms with Crippen LogP contribution in [0.1, 0.15) is 29.5 Å². The predicted octanol–water partition coefficient (Wildman–Crippen LogP) is 4.01. The summed E-state index contributed by atoms with van der Waals surface area (Å²) in [6.45, 7) is 0. The van der Waals surface area contributed by atoms with E-state index in [1.54, 1.807) is 12.1 Å². The lowest BCUT2D eigenvalue weighted by molar-refractivity contribution is -0.120. The van der Waals surface area contributed by atoms with Crippen LogP contribution in [0, 0.1) is 22.4 Å². The highest BCUT2D eigenvalue weighted by atomic mass is 19.2. The molecule has 0 radical (unpaired) electrons. The summed E-state index contributed by atoms with van der Waals surface area (Å²) in [6, 6.07) is 8.78. The number of benzene rings is 2. The Balaban J connectivity index is 1.79. The number of unbranched alkanes of at least 4 members (excludes halogenated alkanes) is 1. The van der Waals surface area contributed by atoms with Crippen molar-refractivity contribution in [2.75, 3.05) is 0 Å². The average molecular weight is 350 g/mol. The van der Waals surface area contributed by atoms with Crippen molar-refractivity contribution in [2.45, 2.75) is 32.1 Å². The molecule has 2 aromatic rings. The maximum Gasteiger partial charge on any atom is 0.247 e. The van der Waals surface area contributed by atoms with Gasteiger partial charge in [0, 0.05) is 6.07 Å². The fourth-order valence-electron chi connectivity index (χ4n) is 2.50. The molecular weight excluding hydrogens is 333 g/mol. The Morgan fingerprint density at radius 3 is 2.16 bits per heavy atom. The molecule has 4 nitrogen and oxygen atoms in total. The third-order valence-corrected chi connectivity index (χ3v) is 3.81. The zero-order chi connectivity index (χ0) is 18.2. The first-order valence-electron chi connectivity index (χ1n) is 7.82. The first-order valence-corrected chi connectivity index (χ1v) is 7.82. The molecule has 1 N–H and O–H groups in total. The molecule has 132 valence electrons. The molecule has 7 heteroatoms. The Labute approximate surface area is 143 Å². The lowest BCUT2D eigenvalue weighted by Gasteiger charge is -2.06. The van der Waals surface area contributed by atoms with Crippen molar-refractivity contribution in [3.05, 3.63) is 75.4 Å². The van der Waals surface area contributed by atoms with E-state index in [4.69, 9.17) is 0 Å². The topological polar surface area (TPSA) is 58.5 Å². The summed E-state index contributed by atoms with van der Waals surface area (Å²) in [6.07, 6.45) is 2.54. The van der Waals surface area contributed by atoms with Crippen LogP contribution in [0.25, 0.3) is 0 Å². The fraction of sp³-hybridized carbons (Fsp3) is 0.278. The molecule has 2 aromatic carbocycles. The molecule has 0 atom stereocenters. The molecule has 0 bridgehead atoms. The minimum atomic E-state index is -1.18. The van der Waals surface area contributed by atoms with Gasteiger partial charge in [-0.2, -0.15) is 0 Å². The quantitative estimate of drug-likeness (QED) is 0.338. The summed E-state index contributed by atoms with van der Waals surface area (Å²) >= 11 is 0. The third kappa shape index (κ3) is 5.70. The smallest absolute Gasteiger partial charge is 0.247 e. The molecule has 0 spiro atoms. The van der Waals surface area contributed by atoms with E-state index in [1.807, 2.05) is 17.6 Å². The van der Waals surface area contributed by atoms with Crippen LogP contribution in [0.3, 0.4) is 0 Å². The molecule has 2 rings (SSSR count). The van der Waals surface area contributed by atoms with Crippen molar-refractivity contribution in [1.82, 2.24) is 5.43 Å². The van der Waals surface area contributed by atoms with Crippen LogP contribution in [-0.2, 0) is 24.1 Å². The molecule has 0 aliphatic rings. The number of nitroso groups, excluding NO2 is 1. The minimum Gasteiger partial charge on any atom is -0.273 e. The number of carbonyl (C=O) groups is 1. The number of nitrogens with one attached hydrogen (secondary N) is 1. The molecule has 0 aliphatic heterocycles. The molecule has 0 fully saturated rings. The number of amides is 1. The largest absolute Gasteiger partial charge is 0.273 e. The van der Waals surface area contributed by atoms with Gasteiger partial charge in [-0.15, -0.1) is 4.91 Å². The molecule has 25 heavy (non-hydrogen) atoms. The molecule has 1 amide bonds. The number of hydrogen-bond donors (Lipinski definition) is 1. The first kappa shape index (κ1) is 18.6. The normalized spacial score (nSPS) is 10.5.